The lowest BCUT2D eigenvalue weighted by Crippen LogP contribution is -2.24. The van der Waals surface area contributed by atoms with Crippen LogP contribution in [0.15, 0.2) is 18.2 Å². The average molecular weight is 259 g/mol. The van der Waals surface area contributed by atoms with Crippen molar-refractivity contribution < 1.29 is 9.90 Å². The molecular formula is C12H12Cl2O2. The van der Waals surface area contributed by atoms with Gasteiger partial charge in [-0.15, -0.1) is 0 Å². The zero-order chi connectivity index (χ0) is 11.7. The van der Waals surface area contributed by atoms with Gasteiger partial charge in [0.05, 0.1) is 10.0 Å². The van der Waals surface area contributed by atoms with Crippen LogP contribution in [0.1, 0.15) is 18.4 Å². The van der Waals surface area contributed by atoms with E-state index in [1.165, 1.54) is 0 Å². The molecule has 4 heteroatoms. The first-order chi connectivity index (χ1) is 7.59. The van der Waals surface area contributed by atoms with Gasteiger partial charge in [0.15, 0.2) is 5.78 Å². The molecule has 1 aromatic rings. The molecule has 1 unspecified atom stereocenters. The van der Waals surface area contributed by atoms with Gasteiger partial charge in [-0.3, -0.25) is 4.79 Å². The molecule has 0 heterocycles. The third kappa shape index (κ3) is 2.57. The minimum absolute atomic E-state index is 0.150. The van der Waals surface area contributed by atoms with E-state index in [-0.39, 0.29) is 18.1 Å². The number of carbonyl (C=O) groups excluding carboxylic acids is 1. The highest BCUT2D eigenvalue weighted by Crippen LogP contribution is 2.34. The summed E-state index contributed by atoms with van der Waals surface area (Å²) in [5.74, 6) is -0.0165. The molecule has 1 fully saturated rings. The second-order valence-electron chi connectivity index (χ2n) is 4.14. The van der Waals surface area contributed by atoms with Crippen molar-refractivity contribution in [3.8, 4) is 0 Å². The lowest BCUT2D eigenvalue weighted by atomic mass is 10.0. The fourth-order valence-electron chi connectivity index (χ4n) is 1.65. The molecule has 0 radical (unpaired) electrons. The molecule has 16 heavy (non-hydrogen) atoms. The summed E-state index contributed by atoms with van der Waals surface area (Å²) in [5, 5.41) is 10.5. The molecule has 0 spiro atoms. The van der Waals surface area contributed by atoms with Crippen LogP contribution in [0, 0.1) is 5.92 Å². The minimum Gasteiger partial charge on any atom is -0.385 e. The number of aliphatic hydroxyl groups is 1. The third-order valence-corrected chi connectivity index (χ3v) is 3.65. The Hall–Kier alpha value is -0.570. The Morgan fingerprint density at radius 1 is 1.44 bits per heavy atom. The van der Waals surface area contributed by atoms with Gasteiger partial charge in [0.25, 0.3) is 0 Å². The molecule has 0 aliphatic heterocycles. The van der Waals surface area contributed by atoms with Crippen LogP contribution in [0.2, 0.25) is 10.0 Å². The van der Waals surface area contributed by atoms with E-state index in [1.807, 2.05) is 0 Å². The van der Waals surface area contributed by atoms with Crippen molar-refractivity contribution in [3.63, 3.8) is 0 Å². The van der Waals surface area contributed by atoms with Crippen LogP contribution in [0.4, 0.5) is 0 Å². The van der Waals surface area contributed by atoms with Crippen molar-refractivity contribution in [2.24, 2.45) is 5.92 Å². The smallest absolute Gasteiger partial charge is 0.165 e. The molecule has 1 aromatic carbocycles. The first-order valence-corrected chi connectivity index (χ1v) is 5.99. The number of carbonyl (C=O) groups is 1. The van der Waals surface area contributed by atoms with E-state index in [2.05, 4.69) is 0 Å². The number of Topliss-reactive ketones (excluding diaryl/α,β-unsaturated/α-hetero) is 1. The number of rotatable bonds is 4. The maximum atomic E-state index is 11.7. The lowest BCUT2D eigenvalue weighted by molar-refractivity contribution is -0.127. The number of hydrogen-bond donors (Lipinski definition) is 1. The molecule has 1 N–H and O–H groups in total. The van der Waals surface area contributed by atoms with E-state index in [9.17, 15) is 9.90 Å². The summed E-state index contributed by atoms with van der Waals surface area (Å²) in [5.41, 5.74) is 0.680. The summed E-state index contributed by atoms with van der Waals surface area (Å²) in [6.45, 7) is 0. The number of hydrogen-bond acceptors (Lipinski definition) is 2. The summed E-state index contributed by atoms with van der Waals surface area (Å²) < 4.78 is 0. The maximum absolute atomic E-state index is 11.7. The number of halogens is 2. The van der Waals surface area contributed by atoms with Crippen LogP contribution in [0.3, 0.4) is 0 Å². The summed E-state index contributed by atoms with van der Waals surface area (Å²) in [4.78, 5) is 11.7. The fraction of sp³-hybridized carbons (Fsp3) is 0.417. The van der Waals surface area contributed by atoms with E-state index in [0.717, 1.165) is 12.8 Å². The van der Waals surface area contributed by atoms with E-state index in [0.29, 0.717) is 15.6 Å². The summed E-state index contributed by atoms with van der Waals surface area (Å²) in [6.07, 6.45) is 1.19. The fourth-order valence-corrected chi connectivity index (χ4v) is 2.04. The second-order valence-corrected chi connectivity index (χ2v) is 4.92. The van der Waals surface area contributed by atoms with Gasteiger partial charge in [0.1, 0.15) is 6.10 Å². The number of benzene rings is 1. The molecule has 2 nitrogen and oxygen atoms in total. The van der Waals surface area contributed by atoms with Gasteiger partial charge in [0, 0.05) is 6.42 Å². The number of ketones is 1. The van der Waals surface area contributed by atoms with E-state index in [4.69, 9.17) is 23.2 Å². The Kier molecular flexibility index (Phi) is 3.53. The molecule has 86 valence electrons. The molecule has 2 rings (SSSR count). The largest absolute Gasteiger partial charge is 0.385 e. The van der Waals surface area contributed by atoms with Gasteiger partial charge in [-0.05, 0) is 30.4 Å². The normalized spacial score (nSPS) is 17.2. The monoisotopic (exact) mass is 258 g/mol. The summed E-state index contributed by atoms with van der Waals surface area (Å²) in [6, 6.07) is 5.18. The Morgan fingerprint density at radius 2 is 2.12 bits per heavy atom. The molecule has 0 aromatic heterocycles. The number of aliphatic hydroxyl groups excluding tert-OH is 1. The Morgan fingerprint density at radius 3 is 2.75 bits per heavy atom. The van der Waals surface area contributed by atoms with Gasteiger partial charge < -0.3 is 5.11 Å². The first kappa shape index (κ1) is 11.9. The first-order valence-electron chi connectivity index (χ1n) is 5.23. The molecule has 0 amide bonds. The van der Waals surface area contributed by atoms with Crippen molar-refractivity contribution in [2.75, 3.05) is 0 Å². The van der Waals surface area contributed by atoms with Crippen molar-refractivity contribution in [2.45, 2.75) is 25.4 Å². The van der Waals surface area contributed by atoms with Gasteiger partial charge in [0.2, 0.25) is 0 Å². The van der Waals surface area contributed by atoms with E-state index < -0.39 is 6.10 Å². The van der Waals surface area contributed by atoms with Gasteiger partial charge >= 0.3 is 0 Å². The molecule has 1 aliphatic carbocycles. The van der Waals surface area contributed by atoms with Gasteiger partial charge in [-0.1, -0.05) is 35.3 Å². The van der Waals surface area contributed by atoms with Crippen LogP contribution in [-0.4, -0.2) is 17.0 Å². The van der Waals surface area contributed by atoms with E-state index >= 15 is 0 Å². The standard InChI is InChI=1S/C12H12Cl2O2/c13-9-3-1-2-8(11(9)14)6-10(15)12(16)7-4-5-7/h1-3,7,12,16H,4-6H2. The highest BCUT2D eigenvalue weighted by Gasteiger charge is 2.34. The third-order valence-electron chi connectivity index (χ3n) is 2.79. The van der Waals surface area contributed by atoms with Crippen molar-refractivity contribution in [1.82, 2.24) is 0 Å². The highest BCUT2D eigenvalue weighted by molar-refractivity contribution is 6.42. The topological polar surface area (TPSA) is 37.3 Å². The molecular weight excluding hydrogens is 247 g/mol. The molecule has 1 saturated carbocycles. The van der Waals surface area contributed by atoms with Crippen LogP contribution in [0.25, 0.3) is 0 Å². The summed E-state index contributed by atoms with van der Waals surface area (Å²) in [7, 11) is 0. The lowest BCUT2D eigenvalue weighted by Gasteiger charge is -2.09. The molecule has 0 saturated heterocycles. The Bertz CT molecular complexity index is 413. The van der Waals surface area contributed by atoms with Crippen LogP contribution < -0.4 is 0 Å². The Labute approximate surface area is 104 Å². The second kappa shape index (κ2) is 4.74. The summed E-state index contributed by atoms with van der Waals surface area (Å²) >= 11 is 11.8. The van der Waals surface area contributed by atoms with Crippen molar-refractivity contribution in [3.05, 3.63) is 33.8 Å². The van der Waals surface area contributed by atoms with Crippen molar-refractivity contribution >= 4 is 29.0 Å². The maximum Gasteiger partial charge on any atom is 0.165 e. The minimum atomic E-state index is -0.838. The predicted octanol–water partition coefficient (Wildman–Crippen LogP) is 2.88. The molecule has 0 bridgehead atoms. The average Bonchev–Trinajstić information content (AvgIpc) is 3.07. The molecule has 1 aliphatic rings. The van der Waals surface area contributed by atoms with Crippen LogP contribution in [-0.2, 0) is 11.2 Å². The van der Waals surface area contributed by atoms with Crippen LogP contribution >= 0.6 is 23.2 Å². The highest BCUT2D eigenvalue weighted by atomic mass is 35.5. The van der Waals surface area contributed by atoms with Crippen molar-refractivity contribution in [1.29, 1.82) is 0 Å². The predicted molar refractivity (Wildman–Crippen MR) is 63.9 cm³/mol. The quantitative estimate of drug-likeness (QED) is 0.902. The zero-order valence-corrected chi connectivity index (χ0v) is 10.1. The Balaban J connectivity index is 2.08. The SMILES string of the molecule is O=C(Cc1cccc(Cl)c1Cl)C(O)C1CC1. The molecule has 1 atom stereocenters. The van der Waals surface area contributed by atoms with Gasteiger partial charge in [-0.25, -0.2) is 0 Å². The van der Waals surface area contributed by atoms with Gasteiger partial charge in [-0.2, -0.15) is 0 Å². The van der Waals surface area contributed by atoms with Crippen LogP contribution in [0.5, 0.6) is 0 Å². The van der Waals surface area contributed by atoms with E-state index in [1.54, 1.807) is 18.2 Å². The zero-order valence-electron chi connectivity index (χ0n) is 8.62.